The molecule has 0 saturated carbocycles. The molecule has 118 valence electrons. The molecule has 1 saturated heterocycles. The number of carbonyl (C=O) groups excluding carboxylic acids is 2. The van der Waals surface area contributed by atoms with Crippen LogP contribution in [-0.2, 0) is 9.59 Å². The number of hydrogen-bond acceptors (Lipinski definition) is 4. The Morgan fingerprint density at radius 2 is 1.83 bits per heavy atom. The molecule has 2 aromatic carbocycles. The topological polar surface area (TPSA) is 58.6 Å². The van der Waals surface area contributed by atoms with Gasteiger partial charge in [-0.2, -0.15) is 0 Å². The van der Waals surface area contributed by atoms with Gasteiger partial charge in [-0.05, 0) is 36.4 Å². The largest absolute Gasteiger partial charge is 0.495 e. The summed E-state index contributed by atoms with van der Waals surface area (Å²) in [5.41, 5.74) is 1.20. The number of anilines is 2. The van der Waals surface area contributed by atoms with Crippen LogP contribution >= 0.6 is 11.6 Å². The van der Waals surface area contributed by atoms with Crippen LogP contribution in [0.25, 0.3) is 0 Å². The monoisotopic (exact) mass is 330 g/mol. The summed E-state index contributed by atoms with van der Waals surface area (Å²) in [5, 5.41) is 3.64. The van der Waals surface area contributed by atoms with Gasteiger partial charge in [0.1, 0.15) is 11.8 Å². The van der Waals surface area contributed by atoms with Crippen molar-refractivity contribution in [3.63, 3.8) is 0 Å². The molecule has 1 atom stereocenters. The SMILES string of the molecule is COc1ccccc1N[C@H]1CC(=O)N(c2ccc(Cl)cc2)C1=O. The molecule has 0 radical (unpaired) electrons. The first-order chi connectivity index (χ1) is 11.1. The van der Waals surface area contributed by atoms with Gasteiger partial charge < -0.3 is 10.1 Å². The van der Waals surface area contributed by atoms with E-state index in [1.54, 1.807) is 37.4 Å². The highest BCUT2D eigenvalue weighted by molar-refractivity contribution is 6.30. The minimum Gasteiger partial charge on any atom is -0.495 e. The van der Waals surface area contributed by atoms with Gasteiger partial charge in [-0.3, -0.25) is 9.59 Å². The third-order valence-electron chi connectivity index (χ3n) is 3.67. The number of rotatable bonds is 4. The fourth-order valence-corrected chi connectivity index (χ4v) is 2.68. The van der Waals surface area contributed by atoms with Crippen molar-refractivity contribution in [1.82, 2.24) is 0 Å². The van der Waals surface area contributed by atoms with E-state index < -0.39 is 6.04 Å². The lowest BCUT2D eigenvalue weighted by Crippen LogP contribution is -2.34. The zero-order valence-electron chi connectivity index (χ0n) is 12.5. The lowest BCUT2D eigenvalue weighted by atomic mass is 10.2. The molecular formula is C17H15ClN2O3. The number of carbonyl (C=O) groups is 2. The van der Waals surface area contributed by atoms with E-state index in [9.17, 15) is 9.59 Å². The zero-order chi connectivity index (χ0) is 16.4. The Labute approximate surface area is 138 Å². The van der Waals surface area contributed by atoms with Crippen molar-refractivity contribution in [3.8, 4) is 5.75 Å². The molecule has 2 amide bonds. The first-order valence-corrected chi connectivity index (χ1v) is 7.50. The highest BCUT2D eigenvalue weighted by Crippen LogP contribution is 2.29. The second kappa shape index (κ2) is 6.30. The molecule has 2 aromatic rings. The predicted octanol–water partition coefficient (Wildman–Crippen LogP) is 3.09. The van der Waals surface area contributed by atoms with Crippen LogP contribution < -0.4 is 15.0 Å². The molecular weight excluding hydrogens is 316 g/mol. The maximum atomic E-state index is 12.6. The quantitative estimate of drug-likeness (QED) is 0.875. The first-order valence-electron chi connectivity index (χ1n) is 7.12. The summed E-state index contributed by atoms with van der Waals surface area (Å²) in [7, 11) is 1.56. The van der Waals surface area contributed by atoms with Crippen LogP contribution in [0.15, 0.2) is 48.5 Å². The Hall–Kier alpha value is -2.53. The van der Waals surface area contributed by atoms with Crippen molar-refractivity contribution in [3.05, 3.63) is 53.6 Å². The minimum atomic E-state index is -0.616. The van der Waals surface area contributed by atoms with Gasteiger partial charge in [-0.15, -0.1) is 0 Å². The van der Waals surface area contributed by atoms with Crippen molar-refractivity contribution in [2.45, 2.75) is 12.5 Å². The third kappa shape index (κ3) is 3.00. The van der Waals surface area contributed by atoms with Gasteiger partial charge in [0.2, 0.25) is 5.91 Å². The number of amides is 2. The lowest BCUT2D eigenvalue weighted by molar-refractivity contribution is -0.121. The molecule has 23 heavy (non-hydrogen) atoms. The Bertz CT molecular complexity index is 746. The zero-order valence-corrected chi connectivity index (χ0v) is 13.2. The van der Waals surface area contributed by atoms with Gasteiger partial charge in [0.05, 0.1) is 24.9 Å². The number of nitrogens with zero attached hydrogens (tertiary/aromatic N) is 1. The molecule has 1 aliphatic rings. The van der Waals surface area contributed by atoms with Crippen molar-refractivity contribution in [2.75, 3.05) is 17.3 Å². The molecule has 0 aromatic heterocycles. The molecule has 1 fully saturated rings. The van der Waals surface area contributed by atoms with Gasteiger partial charge in [0.15, 0.2) is 0 Å². The van der Waals surface area contributed by atoms with Crippen molar-refractivity contribution in [1.29, 1.82) is 0 Å². The van der Waals surface area contributed by atoms with E-state index >= 15 is 0 Å². The molecule has 3 rings (SSSR count). The summed E-state index contributed by atoms with van der Waals surface area (Å²) < 4.78 is 5.26. The second-order valence-corrected chi connectivity index (χ2v) is 5.58. The normalized spacial score (nSPS) is 17.5. The smallest absolute Gasteiger partial charge is 0.256 e. The van der Waals surface area contributed by atoms with Gasteiger partial charge in [0, 0.05) is 5.02 Å². The highest BCUT2D eigenvalue weighted by atomic mass is 35.5. The number of benzene rings is 2. The number of halogens is 1. The second-order valence-electron chi connectivity index (χ2n) is 5.15. The van der Waals surface area contributed by atoms with E-state index in [4.69, 9.17) is 16.3 Å². The standard InChI is InChI=1S/C17H15ClN2O3/c1-23-15-5-3-2-4-13(15)19-14-10-16(21)20(17(14)22)12-8-6-11(18)7-9-12/h2-9,14,19H,10H2,1H3/t14-/m0/s1. The molecule has 0 unspecified atom stereocenters. The Morgan fingerprint density at radius 3 is 2.52 bits per heavy atom. The van der Waals surface area contributed by atoms with Crippen LogP contribution in [0.3, 0.4) is 0 Å². The number of hydrogen-bond donors (Lipinski definition) is 1. The van der Waals surface area contributed by atoms with Crippen LogP contribution in [0.5, 0.6) is 5.75 Å². The summed E-state index contributed by atoms with van der Waals surface area (Å²) >= 11 is 5.85. The maximum Gasteiger partial charge on any atom is 0.256 e. The Kier molecular flexibility index (Phi) is 4.21. The van der Waals surface area contributed by atoms with E-state index in [2.05, 4.69) is 5.32 Å². The van der Waals surface area contributed by atoms with Crippen molar-refractivity contribution >= 4 is 34.8 Å². The molecule has 5 nitrogen and oxygen atoms in total. The molecule has 0 spiro atoms. The summed E-state index contributed by atoms with van der Waals surface area (Å²) in [6, 6.07) is 13.3. The van der Waals surface area contributed by atoms with Crippen molar-refractivity contribution < 1.29 is 14.3 Å². The summed E-state index contributed by atoms with van der Waals surface area (Å²) in [6.45, 7) is 0. The number of imide groups is 1. The molecule has 1 aliphatic heterocycles. The average Bonchev–Trinajstić information content (AvgIpc) is 2.83. The van der Waals surface area contributed by atoms with Gasteiger partial charge >= 0.3 is 0 Å². The molecule has 1 heterocycles. The van der Waals surface area contributed by atoms with E-state index in [1.807, 2.05) is 18.2 Å². The summed E-state index contributed by atoms with van der Waals surface area (Å²) in [4.78, 5) is 26.0. The highest BCUT2D eigenvalue weighted by Gasteiger charge is 2.39. The van der Waals surface area contributed by atoms with Crippen LogP contribution in [0.1, 0.15) is 6.42 Å². The average molecular weight is 331 g/mol. The first kappa shape index (κ1) is 15.4. The number of ether oxygens (including phenoxy) is 1. The number of para-hydroxylation sites is 2. The Balaban J connectivity index is 1.82. The van der Waals surface area contributed by atoms with Crippen molar-refractivity contribution in [2.24, 2.45) is 0 Å². The predicted molar refractivity (Wildman–Crippen MR) is 89.0 cm³/mol. The van der Waals surface area contributed by atoms with E-state index in [-0.39, 0.29) is 18.2 Å². The van der Waals surface area contributed by atoms with E-state index in [0.29, 0.717) is 22.1 Å². The van der Waals surface area contributed by atoms with E-state index in [0.717, 1.165) is 0 Å². The molecule has 1 N–H and O–H groups in total. The third-order valence-corrected chi connectivity index (χ3v) is 3.92. The fraction of sp³-hybridized carbons (Fsp3) is 0.176. The molecule has 6 heteroatoms. The molecule has 0 aliphatic carbocycles. The van der Waals surface area contributed by atoms with Crippen LogP contribution in [0, 0.1) is 0 Å². The number of nitrogens with one attached hydrogen (secondary N) is 1. The summed E-state index contributed by atoms with van der Waals surface area (Å²) in [6.07, 6.45) is 0.0967. The van der Waals surface area contributed by atoms with Gasteiger partial charge in [-0.25, -0.2) is 4.90 Å². The van der Waals surface area contributed by atoms with Crippen LogP contribution in [-0.4, -0.2) is 25.0 Å². The van der Waals surface area contributed by atoms with Crippen LogP contribution in [0.2, 0.25) is 5.02 Å². The fourth-order valence-electron chi connectivity index (χ4n) is 2.56. The van der Waals surface area contributed by atoms with Crippen LogP contribution in [0.4, 0.5) is 11.4 Å². The lowest BCUT2D eigenvalue weighted by Gasteiger charge is -2.17. The summed E-state index contributed by atoms with van der Waals surface area (Å²) in [5.74, 6) is 0.0886. The maximum absolute atomic E-state index is 12.6. The minimum absolute atomic E-state index is 0.0967. The molecule has 0 bridgehead atoms. The number of methoxy groups -OCH3 is 1. The van der Waals surface area contributed by atoms with Gasteiger partial charge in [0.25, 0.3) is 5.91 Å². The Morgan fingerprint density at radius 1 is 1.13 bits per heavy atom. The van der Waals surface area contributed by atoms with E-state index in [1.165, 1.54) is 4.90 Å². The van der Waals surface area contributed by atoms with Gasteiger partial charge in [-0.1, -0.05) is 23.7 Å².